The summed E-state index contributed by atoms with van der Waals surface area (Å²) < 4.78 is 5.92. The fourth-order valence-corrected chi connectivity index (χ4v) is 5.41. The number of ether oxygens (including phenoxy) is 1. The Kier molecular flexibility index (Phi) is 5.17. The number of para-hydroxylation sites is 1. The molecule has 0 N–H and O–H groups in total. The Morgan fingerprint density at radius 2 is 1.65 bits per heavy atom. The first kappa shape index (κ1) is 20.4. The first-order valence-corrected chi connectivity index (χ1v) is 11.5. The number of anilines is 1. The number of rotatable bonds is 3. The minimum Gasteiger partial charge on any atom is -0.441 e. The highest BCUT2D eigenvalue weighted by atomic mass is 35.5. The van der Waals surface area contributed by atoms with E-state index in [0.717, 1.165) is 43.4 Å². The van der Waals surface area contributed by atoms with Crippen LogP contribution >= 0.6 is 11.6 Å². The number of hydrogen-bond acceptors (Lipinski definition) is 3. The number of carbonyl (C=O) groups is 2. The van der Waals surface area contributed by atoms with Gasteiger partial charge in [0.1, 0.15) is 5.60 Å². The molecule has 0 bridgehead atoms. The summed E-state index contributed by atoms with van der Waals surface area (Å²) in [5.74, 6) is 0.211. The van der Waals surface area contributed by atoms with Gasteiger partial charge in [0.2, 0.25) is 5.91 Å². The highest BCUT2D eigenvalue weighted by Gasteiger charge is 2.50. The van der Waals surface area contributed by atoms with E-state index in [4.69, 9.17) is 16.3 Å². The third-order valence-corrected chi connectivity index (χ3v) is 7.49. The average Bonchev–Trinajstić information content (AvgIpc) is 2.93. The molecule has 5 rings (SSSR count). The Balaban J connectivity index is 1.31. The lowest BCUT2D eigenvalue weighted by Crippen LogP contribution is -2.51. The Bertz CT molecular complexity index is 974. The smallest absolute Gasteiger partial charge is 0.415 e. The molecule has 1 aliphatic carbocycles. The first-order valence-electron chi connectivity index (χ1n) is 11.1. The molecular weight excluding hydrogens is 412 g/mol. The van der Waals surface area contributed by atoms with E-state index in [2.05, 4.69) is 0 Å². The number of benzene rings is 2. The van der Waals surface area contributed by atoms with Gasteiger partial charge in [0.25, 0.3) is 0 Å². The topological polar surface area (TPSA) is 49.9 Å². The molecule has 2 aromatic carbocycles. The van der Waals surface area contributed by atoms with E-state index in [0.29, 0.717) is 31.1 Å². The van der Waals surface area contributed by atoms with Gasteiger partial charge in [0.15, 0.2) is 0 Å². The summed E-state index contributed by atoms with van der Waals surface area (Å²) in [7, 11) is 0. The third kappa shape index (κ3) is 3.59. The molecule has 31 heavy (non-hydrogen) atoms. The van der Waals surface area contributed by atoms with E-state index in [1.807, 2.05) is 59.5 Å². The van der Waals surface area contributed by atoms with Crippen molar-refractivity contribution in [2.24, 2.45) is 0 Å². The maximum Gasteiger partial charge on any atom is 0.415 e. The molecule has 0 aromatic heterocycles. The summed E-state index contributed by atoms with van der Waals surface area (Å²) in [5, 5.41) is 0.688. The van der Waals surface area contributed by atoms with Crippen LogP contribution in [-0.2, 0) is 14.9 Å². The van der Waals surface area contributed by atoms with Gasteiger partial charge in [-0.1, -0.05) is 48.4 Å². The molecule has 2 aliphatic heterocycles. The summed E-state index contributed by atoms with van der Waals surface area (Å²) in [6, 6.07) is 17.4. The van der Waals surface area contributed by atoms with Crippen molar-refractivity contribution in [3.05, 3.63) is 65.2 Å². The van der Waals surface area contributed by atoms with Crippen molar-refractivity contribution >= 4 is 29.3 Å². The van der Waals surface area contributed by atoms with Crippen molar-refractivity contribution in [1.29, 1.82) is 0 Å². The predicted molar refractivity (Wildman–Crippen MR) is 120 cm³/mol. The van der Waals surface area contributed by atoms with E-state index in [-0.39, 0.29) is 12.0 Å². The number of amides is 2. The summed E-state index contributed by atoms with van der Waals surface area (Å²) in [6.07, 6.45) is 4.82. The highest BCUT2D eigenvalue weighted by molar-refractivity contribution is 6.30. The van der Waals surface area contributed by atoms with Crippen LogP contribution in [0.5, 0.6) is 0 Å². The zero-order chi connectivity index (χ0) is 21.5. The molecule has 2 amide bonds. The van der Waals surface area contributed by atoms with Gasteiger partial charge in [-0.15, -0.1) is 0 Å². The zero-order valence-corrected chi connectivity index (χ0v) is 18.3. The molecule has 2 heterocycles. The summed E-state index contributed by atoms with van der Waals surface area (Å²) >= 11 is 6.07. The standard InChI is InChI=1S/C25H27ClN2O3/c26-20-10-8-19(9-11-20)25(13-4-14-25)22(29)27-16-5-12-24(15-17-27)18-28(23(30)31-24)21-6-2-1-3-7-21/h1-3,6-11H,4-5,12-18H2. The van der Waals surface area contributed by atoms with Crippen LogP contribution in [0, 0.1) is 0 Å². The lowest BCUT2D eigenvalue weighted by atomic mass is 9.63. The molecular formula is C25H27ClN2O3. The first-order chi connectivity index (χ1) is 15.0. The molecule has 1 saturated carbocycles. The average molecular weight is 439 g/mol. The summed E-state index contributed by atoms with van der Waals surface area (Å²) in [6.45, 7) is 1.86. The number of carbonyl (C=O) groups excluding carboxylic acids is 2. The van der Waals surface area contributed by atoms with Crippen LogP contribution in [0.2, 0.25) is 5.02 Å². The molecule has 2 saturated heterocycles. The fourth-order valence-electron chi connectivity index (χ4n) is 5.29. The molecule has 6 heteroatoms. The van der Waals surface area contributed by atoms with Crippen LogP contribution in [0.3, 0.4) is 0 Å². The molecule has 162 valence electrons. The monoisotopic (exact) mass is 438 g/mol. The van der Waals surface area contributed by atoms with Crippen LogP contribution in [0.1, 0.15) is 44.1 Å². The van der Waals surface area contributed by atoms with Gasteiger partial charge in [-0.25, -0.2) is 4.79 Å². The minimum atomic E-state index is -0.519. The van der Waals surface area contributed by atoms with E-state index in [1.165, 1.54) is 0 Å². The zero-order valence-electron chi connectivity index (χ0n) is 17.6. The van der Waals surface area contributed by atoms with Crippen molar-refractivity contribution in [3.8, 4) is 0 Å². The maximum absolute atomic E-state index is 13.7. The van der Waals surface area contributed by atoms with Crippen LogP contribution in [0.4, 0.5) is 10.5 Å². The van der Waals surface area contributed by atoms with Crippen molar-refractivity contribution in [1.82, 2.24) is 4.90 Å². The van der Waals surface area contributed by atoms with Gasteiger partial charge < -0.3 is 9.64 Å². The predicted octanol–water partition coefficient (Wildman–Crippen LogP) is 5.17. The Morgan fingerprint density at radius 1 is 0.903 bits per heavy atom. The largest absolute Gasteiger partial charge is 0.441 e. The van der Waals surface area contributed by atoms with Gasteiger partial charge in [0.05, 0.1) is 12.0 Å². The van der Waals surface area contributed by atoms with Crippen molar-refractivity contribution in [3.63, 3.8) is 0 Å². The van der Waals surface area contributed by atoms with Crippen LogP contribution in [0.15, 0.2) is 54.6 Å². The number of likely N-dealkylation sites (tertiary alicyclic amines) is 1. The SMILES string of the molecule is O=C1OC2(CCCN(C(=O)C3(c4ccc(Cl)cc4)CCC3)CC2)CN1c1ccccc1. The van der Waals surface area contributed by atoms with E-state index >= 15 is 0 Å². The molecule has 3 aliphatic rings. The fraction of sp³-hybridized carbons (Fsp3) is 0.440. The Hall–Kier alpha value is -2.53. The number of halogens is 1. The quantitative estimate of drug-likeness (QED) is 0.664. The highest BCUT2D eigenvalue weighted by Crippen LogP contribution is 2.46. The van der Waals surface area contributed by atoms with E-state index < -0.39 is 11.0 Å². The Morgan fingerprint density at radius 3 is 2.32 bits per heavy atom. The lowest BCUT2D eigenvalue weighted by Gasteiger charge is -2.44. The van der Waals surface area contributed by atoms with Gasteiger partial charge >= 0.3 is 6.09 Å². The normalized spacial score (nSPS) is 25.1. The Labute approximate surface area is 187 Å². The molecule has 5 nitrogen and oxygen atoms in total. The van der Waals surface area contributed by atoms with Crippen molar-refractivity contribution in [2.75, 3.05) is 24.5 Å². The number of nitrogens with zero attached hydrogens (tertiary/aromatic N) is 2. The van der Waals surface area contributed by atoms with Crippen LogP contribution < -0.4 is 4.90 Å². The number of hydrogen-bond donors (Lipinski definition) is 0. The minimum absolute atomic E-state index is 0.211. The van der Waals surface area contributed by atoms with Gasteiger partial charge in [0, 0.05) is 30.2 Å². The second-order valence-electron chi connectivity index (χ2n) is 9.06. The van der Waals surface area contributed by atoms with E-state index in [1.54, 1.807) is 4.90 Å². The van der Waals surface area contributed by atoms with Crippen molar-refractivity contribution in [2.45, 2.75) is 49.5 Å². The van der Waals surface area contributed by atoms with Crippen LogP contribution in [0.25, 0.3) is 0 Å². The van der Waals surface area contributed by atoms with Gasteiger partial charge in [-0.2, -0.15) is 0 Å². The molecule has 1 unspecified atom stereocenters. The van der Waals surface area contributed by atoms with Gasteiger partial charge in [-0.3, -0.25) is 9.69 Å². The lowest BCUT2D eigenvalue weighted by molar-refractivity contribution is -0.141. The molecule has 2 aromatic rings. The molecule has 3 fully saturated rings. The van der Waals surface area contributed by atoms with Gasteiger partial charge in [-0.05, 0) is 55.5 Å². The molecule has 1 atom stereocenters. The summed E-state index contributed by atoms with van der Waals surface area (Å²) in [4.78, 5) is 30.0. The maximum atomic E-state index is 13.7. The van der Waals surface area contributed by atoms with Crippen LogP contribution in [-0.4, -0.2) is 42.1 Å². The van der Waals surface area contributed by atoms with E-state index in [9.17, 15) is 9.59 Å². The third-order valence-electron chi connectivity index (χ3n) is 7.24. The molecule has 1 spiro atoms. The second-order valence-corrected chi connectivity index (χ2v) is 9.50. The second kappa shape index (κ2) is 7.86. The molecule has 0 radical (unpaired) electrons. The summed E-state index contributed by atoms with van der Waals surface area (Å²) in [5.41, 5.74) is 0.979. The van der Waals surface area contributed by atoms with Crippen molar-refractivity contribution < 1.29 is 14.3 Å².